The summed E-state index contributed by atoms with van der Waals surface area (Å²) in [4.78, 5) is 11.8. The van der Waals surface area contributed by atoms with Crippen molar-refractivity contribution in [1.29, 1.82) is 0 Å². The van der Waals surface area contributed by atoms with Gasteiger partial charge in [0.15, 0.2) is 0 Å². The van der Waals surface area contributed by atoms with Gasteiger partial charge in [0.25, 0.3) is 0 Å². The smallest absolute Gasteiger partial charge is 0.316 e. The van der Waals surface area contributed by atoms with Crippen LogP contribution in [0.2, 0.25) is 0 Å². The number of esters is 1. The maximum Gasteiger partial charge on any atom is 0.316 e. The van der Waals surface area contributed by atoms with Gasteiger partial charge in [-0.1, -0.05) is 23.9 Å². The summed E-state index contributed by atoms with van der Waals surface area (Å²) in [5, 5.41) is 12.3. The SMILES string of the molecule is Cc1ccc(C)c(-n2nnnc2SCC(=O)OC(C)(C)C)c1. The van der Waals surface area contributed by atoms with Gasteiger partial charge in [-0.05, 0) is 62.2 Å². The van der Waals surface area contributed by atoms with Gasteiger partial charge in [0.1, 0.15) is 5.60 Å². The van der Waals surface area contributed by atoms with Crippen molar-refractivity contribution in [2.75, 3.05) is 5.75 Å². The summed E-state index contributed by atoms with van der Waals surface area (Å²) in [6.45, 7) is 9.54. The van der Waals surface area contributed by atoms with Crippen LogP contribution in [-0.2, 0) is 9.53 Å². The van der Waals surface area contributed by atoms with Crippen molar-refractivity contribution < 1.29 is 9.53 Å². The summed E-state index contributed by atoms with van der Waals surface area (Å²) in [7, 11) is 0. The van der Waals surface area contributed by atoms with Crippen molar-refractivity contribution in [3.05, 3.63) is 29.3 Å². The third-order valence-corrected chi connectivity index (χ3v) is 3.67. The Morgan fingerprint density at radius 3 is 2.73 bits per heavy atom. The van der Waals surface area contributed by atoms with E-state index in [0.717, 1.165) is 16.8 Å². The number of tetrazole rings is 1. The van der Waals surface area contributed by atoms with E-state index >= 15 is 0 Å². The van der Waals surface area contributed by atoms with E-state index in [1.807, 2.05) is 52.8 Å². The van der Waals surface area contributed by atoms with Crippen LogP contribution in [-0.4, -0.2) is 37.5 Å². The van der Waals surface area contributed by atoms with Crippen LogP contribution in [0, 0.1) is 13.8 Å². The van der Waals surface area contributed by atoms with Gasteiger partial charge in [-0.15, -0.1) is 5.10 Å². The molecule has 0 aliphatic carbocycles. The number of ether oxygens (including phenoxy) is 1. The van der Waals surface area contributed by atoms with Crippen LogP contribution in [0.15, 0.2) is 23.4 Å². The molecule has 0 unspecified atom stereocenters. The lowest BCUT2D eigenvalue weighted by molar-refractivity contribution is -0.151. The molecule has 0 N–H and O–H groups in total. The predicted molar refractivity (Wildman–Crippen MR) is 85.2 cm³/mol. The number of aromatic nitrogens is 4. The number of hydrogen-bond acceptors (Lipinski definition) is 6. The molecule has 0 aliphatic rings. The van der Waals surface area contributed by atoms with Crippen molar-refractivity contribution in [3.8, 4) is 5.69 Å². The van der Waals surface area contributed by atoms with Crippen LogP contribution in [0.25, 0.3) is 5.69 Å². The molecule has 0 spiro atoms. The van der Waals surface area contributed by atoms with Crippen LogP contribution in [0.1, 0.15) is 31.9 Å². The molecule has 1 heterocycles. The van der Waals surface area contributed by atoms with Crippen molar-refractivity contribution in [2.24, 2.45) is 0 Å². The molecule has 6 nitrogen and oxygen atoms in total. The van der Waals surface area contributed by atoms with Gasteiger partial charge in [0, 0.05) is 0 Å². The molecule has 0 bridgehead atoms. The number of carbonyl (C=O) groups excluding carboxylic acids is 1. The molecule has 0 saturated carbocycles. The van der Waals surface area contributed by atoms with Crippen molar-refractivity contribution >= 4 is 17.7 Å². The van der Waals surface area contributed by atoms with Gasteiger partial charge in [-0.2, -0.15) is 4.68 Å². The van der Waals surface area contributed by atoms with Crippen LogP contribution in [0.4, 0.5) is 0 Å². The fourth-order valence-corrected chi connectivity index (χ4v) is 2.52. The summed E-state index contributed by atoms with van der Waals surface area (Å²) in [5.74, 6) is -0.115. The molecular weight excluding hydrogens is 300 g/mol. The molecule has 2 aromatic rings. The average Bonchev–Trinajstić information content (AvgIpc) is 2.85. The Balaban J connectivity index is 2.13. The number of rotatable bonds is 4. The Hall–Kier alpha value is -1.89. The number of nitrogens with zero attached hydrogens (tertiary/aromatic N) is 4. The summed E-state index contributed by atoms with van der Waals surface area (Å²) in [6, 6.07) is 6.08. The standard InChI is InChI=1S/C15H20N4O2S/c1-10-6-7-11(2)12(8-10)19-14(16-17-18-19)22-9-13(20)21-15(3,4)5/h6-8H,9H2,1-5H3. The summed E-state index contributed by atoms with van der Waals surface area (Å²) >= 11 is 1.26. The zero-order valence-corrected chi connectivity index (χ0v) is 14.3. The lowest BCUT2D eigenvalue weighted by Crippen LogP contribution is -2.25. The first-order chi connectivity index (χ1) is 10.3. The predicted octanol–water partition coefficient (Wildman–Crippen LogP) is 2.71. The maximum atomic E-state index is 11.8. The lowest BCUT2D eigenvalue weighted by atomic mass is 10.1. The van der Waals surface area contributed by atoms with E-state index < -0.39 is 5.60 Å². The second kappa shape index (κ2) is 6.48. The molecule has 0 atom stereocenters. The van der Waals surface area contributed by atoms with Gasteiger partial charge < -0.3 is 4.74 Å². The molecule has 0 amide bonds. The highest BCUT2D eigenvalue weighted by Crippen LogP contribution is 2.22. The number of aryl methyl sites for hydroxylation is 2. The van der Waals surface area contributed by atoms with E-state index in [4.69, 9.17) is 4.74 Å². The highest BCUT2D eigenvalue weighted by atomic mass is 32.2. The van der Waals surface area contributed by atoms with Crippen molar-refractivity contribution in [1.82, 2.24) is 20.2 Å². The van der Waals surface area contributed by atoms with E-state index in [0.29, 0.717) is 5.16 Å². The third-order valence-electron chi connectivity index (χ3n) is 2.77. The number of hydrogen-bond donors (Lipinski definition) is 0. The monoisotopic (exact) mass is 320 g/mol. The highest BCUT2D eigenvalue weighted by molar-refractivity contribution is 7.99. The van der Waals surface area contributed by atoms with E-state index in [1.54, 1.807) is 4.68 Å². The molecule has 0 saturated heterocycles. The van der Waals surface area contributed by atoms with Crippen molar-refractivity contribution in [2.45, 2.75) is 45.4 Å². The minimum atomic E-state index is -0.489. The quantitative estimate of drug-likeness (QED) is 0.637. The minimum Gasteiger partial charge on any atom is -0.459 e. The van der Waals surface area contributed by atoms with Gasteiger partial charge in [-0.3, -0.25) is 4.79 Å². The molecule has 0 aliphatic heterocycles. The Kier molecular flexibility index (Phi) is 4.85. The Morgan fingerprint density at radius 2 is 2.05 bits per heavy atom. The van der Waals surface area contributed by atoms with Gasteiger partial charge in [-0.25, -0.2) is 0 Å². The molecule has 0 fully saturated rings. The second-order valence-electron chi connectivity index (χ2n) is 6.04. The number of carbonyl (C=O) groups is 1. The van der Waals surface area contributed by atoms with E-state index in [9.17, 15) is 4.79 Å². The maximum absolute atomic E-state index is 11.8. The largest absolute Gasteiger partial charge is 0.459 e. The minimum absolute atomic E-state index is 0.169. The van der Waals surface area contributed by atoms with Crippen LogP contribution in [0.5, 0.6) is 0 Å². The van der Waals surface area contributed by atoms with Gasteiger partial charge in [0.2, 0.25) is 5.16 Å². The van der Waals surface area contributed by atoms with Crippen LogP contribution in [0.3, 0.4) is 0 Å². The van der Waals surface area contributed by atoms with E-state index in [-0.39, 0.29) is 11.7 Å². The van der Waals surface area contributed by atoms with Gasteiger partial charge >= 0.3 is 5.97 Å². The molecule has 1 aromatic carbocycles. The van der Waals surface area contributed by atoms with Crippen LogP contribution < -0.4 is 0 Å². The molecule has 7 heteroatoms. The fraction of sp³-hybridized carbons (Fsp3) is 0.467. The number of benzene rings is 1. The fourth-order valence-electron chi connectivity index (χ4n) is 1.86. The zero-order chi connectivity index (χ0) is 16.3. The third kappa shape index (κ3) is 4.30. The molecule has 1 aromatic heterocycles. The highest BCUT2D eigenvalue weighted by Gasteiger charge is 2.18. The number of thioether (sulfide) groups is 1. The summed E-state index contributed by atoms with van der Waals surface area (Å²) < 4.78 is 6.94. The normalized spacial score (nSPS) is 11.5. The zero-order valence-electron chi connectivity index (χ0n) is 13.5. The summed E-state index contributed by atoms with van der Waals surface area (Å²) in [6.07, 6.45) is 0. The molecule has 2 rings (SSSR count). The van der Waals surface area contributed by atoms with Crippen molar-refractivity contribution in [3.63, 3.8) is 0 Å². The van der Waals surface area contributed by atoms with Gasteiger partial charge in [0.05, 0.1) is 11.4 Å². The first-order valence-electron chi connectivity index (χ1n) is 6.97. The topological polar surface area (TPSA) is 69.9 Å². The molecular formula is C15H20N4O2S. The first kappa shape index (κ1) is 16.5. The Morgan fingerprint density at radius 1 is 1.32 bits per heavy atom. The average molecular weight is 320 g/mol. The first-order valence-corrected chi connectivity index (χ1v) is 7.95. The molecule has 0 radical (unpaired) electrons. The Labute approximate surface area is 134 Å². The second-order valence-corrected chi connectivity index (χ2v) is 6.98. The summed E-state index contributed by atoms with van der Waals surface area (Å²) in [5.41, 5.74) is 2.62. The van der Waals surface area contributed by atoms with E-state index in [2.05, 4.69) is 15.5 Å². The molecule has 22 heavy (non-hydrogen) atoms. The lowest BCUT2D eigenvalue weighted by Gasteiger charge is -2.19. The van der Waals surface area contributed by atoms with E-state index in [1.165, 1.54) is 11.8 Å². The Bertz CT molecular complexity index is 676. The molecule has 118 valence electrons. The van der Waals surface area contributed by atoms with Crippen LogP contribution >= 0.6 is 11.8 Å².